The van der Waals surface area contributed by atoms with Crippen molar-refractivity contribution in [1.82, 2.24) is 9.13 Å². The van der Waals surface area contributed by atoms with E-state index < -0.39 is 0 Å². The average molecular weight is 959 g/mol. The summed E-state index contributed by atoms with van der Waals surface area (Å²) in [6, 6.07) is 86.5. The van der Waals surface area contributed by atoms with Gasteiger partial charge in [-0.1, -0.05) is 221 Å². The maximum atomic E-state index is 4.36. The second-order valence-corrected chi connectivity index (χ2v) is 19.3. The Morgan fingerprint density at radius 1 is 0.307 bits per heavy atom. The van der Waals surface area contributed by atoms with Crippen molar-refractivity contribution in [3.8, 4) is 55.9 Å². The molecule has 1 aliphatic carbocycles. The van der Waals surface area contributed by atoms with Crippen LogP contribution in [0.15, 0.2) is 250 Å². The van der Waals surface area contributed by atoms with Gasteiger partial charge in [0.25, 0.3) is 0 Å². The number of hydrogen-bond donors (Lipinski definition) is 0. The van der Waals surface area contributed by atoms with Gasteiger partial charge in [-0.2, -0.15) is 0 Å². The van der Waals surface area contributed by atoms with E-state index in [1.54, 1.807) is 0 Å². The Labute approximate surface area is 438 Å². The third-order valence-electron chi connectivity index (χ3n) is 15.3. The zero-order valence-electron chi connectivity index (χ0n) is 42.5. The molecule has 0 amide bonds. The van der Waals surface area contributed by atoms with Crippen LogP contribution in [0.25, 0.3) is 144 Å². The van der Waals surface area contributed by atoms with Crippen molar-refractivity contribution in [2.45, 2.75) is 20.8 Å². The Morgan fingerprint density at radius 2 is 0.813 bits per heavy atom. The Morgan fingerprint density at radius 3 is 1.45 bits per heavy atom. The van der Waals surface area contributed by atoms with Gasteiger partial charge in [0.1, 0.15) is 0 Å². The highest BCUT2D eigenvalue weighted by Crippen LogP contribution is 2.52. The molecule has 0 saturated heterocycles. The summed E-state index contributed by atoms with van der Waals surface area (Å²) in [7, 11) is 0. The van der Waals surface area contributed by atoms with Crippen LogP contribution in [-0.2, 0) is 0 Å². The second kappa shape index (κ2) is 18.5. The van der Waals surface area contributed by atoms with Gasteiger partial charge in [0, 0.05) is 33.1 Å². The quantitative estimate of drug-likeness (QED) is 0.147. The van der Waals surface area contributed by atoms with Gasteiger partial charge in [0.05, 0.1) is 22.2 Å². The molecule has 12 aromatic carbocycles. The molecule has 0 fully saturated rings. The van der Waals surface area contributed by atoms with E-state index in [9.17, 15) is 0 Å². The SMILES string of the molecule is C=Cc1c(C=C)n(-c2ccc3c4ccccc4c4ccccc4c3c2)c2ccc(-c3ccc4c(c3)c3c5cccc6c5c(cc3n4-c3cccc(-c4ccccc4)c3)-c3ccccc3-6)cc12.CC.Cc1ccccc1. The fraction of sp³-hybridized carbons (Fsp3) is 0.0411. The lowest BCUT2D eigenvalue weighted by atomic mass is 9.94. The fourth-order valence-electron chi connectivity index (χ4n) is 12.1. The minimum atomic E-state index is 1.03. The molecule has 2 aromatic heterocycles. The predicted octanol–water partition coefficient (Wildman–Crippen LogP) is 20.6. The average Bonchev–Trinajstić information content (AvgIpc) is 4.17. The molecule has 2 heteroatoms. The summed E-state index contributed by atoms with van der Waals surface area (Å²) < 4.78 is 4.84. The van der Waals surface area contributed by atoms with Gasteiger partial charge in [0.15, 0.2) is 0 Å². The van der Waals surface area contributed by atoms with Crippen molar-refractivity contribution in [3.63, 3.8) is 0 Å². The molecule has 0 N–H and O–H groups in total. The van der Waals surface area contributed by atoms with E-state index in [1.807, 2.05) is 44.2 Å². The van der Waals surface area contributed by atoms with Crippen LogP contribution in [0, 0.1) is 6.92 Å². The maximum absolute atomic E-state index is 4.36. The lowest BCUT2D eigenvalue weighted by molar-refractivity contribution is 1.11. The first-order chi connectivity index (χ1) is 37.1. The molecule has 15 rings (SSSR count). The molecule has 14 aromatic rings. The van der Waals surface area contributed by atoms with Gasteiger partial charge in [0.2, 0.25) is 0 Å². The van der Waals surface area contributed by atoms with Crippen LogP contribution in [0.4, 0.5) is 0 Å². The molecular weight excluding hydrogens is 905 g/mol. The van der Waals surface area contributed by atoms with E-state index in [0.717, 1.165) is 39.1 Å². The van der Waals surface area contributed by atoms with Crippen molar-refractivity contribution in [2.24, 2.45) is 0 Å². The van der Waals surface area contributed by atoms with Crippen LogP contribution in [0.5, 0.6) is 0 Å². The lowest BCUT2D eigenvalue weighted by Gasteiger charge is -2.14. The Kier molecular flexibility index (Phi) is 11.2. The summed E-state index contributed by atoms with van der Waals surface area (Å²) in [4.78, 5) is 0. The summed E-state index contributed by atoms with van der Waals surface area (Å²) >= 11 is 0. The Bertz CT molecular complexity index is 4550. The van der Waals surface area contributed by atoms with Crippen molar-refractivity contribution in [2.75, 3.05) is 0 Å². The molecule has 0 saturated carbocycles. The molecule has 0 radical (unpaired) electrons. The highest BCUT2D eigenvalue weighted by Gasteiger charge is 2.26. The number of fused-ring (bicyclic) bond motifs is 14. The molecule has 0 unspecified atom stereocenters. The topological polar surface area (TPSA) is 9.86 Å². The molecule has 1 aliphatic rings. The molecule has 356 valence electrons. The van der Waals surface area contributed by atoms with Crippen molar-refractivity contribution in [1.29, 1.82) is 0 Å². The van der Waals surface area contributed by atoms with E-state index in [1.165, 1.54) is 109 Å². The summed E-state index contributed by atoms with van der Waals surface area (Å²) in [6.07, 6.45) is 3.97. The molecule has 2 heterocycles. The minimum absolute atomic E-state index is 1.03. The smallest absolute Gasteiger partial charge is 0.0553 e. The standard InChI is InChI=1S/C64H40N2.C7H8.C2H6/c1-3-45-56-35-41(28-32-60(56)65(59(45)4-2)44-30-31-52-48-22-9-8-20-46(48)47-21-10-12-24-50(47)55(52)37-44)42-29-33-61-58(36-42)64-54-27-15-26-53-49-23-11-13-25-51(49)57(63(53)54)38-62(64)66(61)43-19-14-18-40(34-43)39-16-6-5-7-17-39;1-7-5-3-2-4-6-7;1-2/h3-38H,1-2H2;2-6H,1H3;1-2H3. The van der Waals surface area contributed by atoms with Crippen LogP contribution in [0.1, 0.15) is 30.7 Å². The number of nitrogens with zero attached hydrogens (tertiary/aromatic N) is 2. The molecule has 0 aliphatic heterocycles. The van der Waals surface area contributed by atoms with Gasteiger partial charge in [-0.25, -0.2) is 0 Å². The van der Waals surface area contributed by atoms with Crippen LogP contribution in [-0.4, -0.2) is 9.13 Å². The summed E-state index contributed by atoms with van der Waals surface area (Å²) in [6.45, 7) is 14.8. The van der Waals surface area contributed by atoms with Crippen LogP contribution >= 0.6 is 0 Å². The highest BCUT2D eigenvalue weighted by molar-refractivity contribution is 6.30. The molecule has 0 spiro atoms. The first kappa shape index (κ1) is 45.4. The van der Waals surface area contributed by atoms with Crippen molar-refractivity contribution < 1.29 is 0 Å². The number of aryl methyl sites for hydroxylation is 1. The second-order valence-electron chi connectivity index (χ2n) is 19.3. The van der Waals surface area contributed by atoms with E-state index in [0.29, 0.717) is 0 Å². The monoisotopic (exact) mass is 958 g/mol. The summed E-state index contributed by atoms with van der Waals surface area (Å²) in [5.74, 6) is 0. The first-order valence-corrected chi connectivity index (χ1v) is 26.1. The first-order valence-electron chi connectivity index (χ1n) is 26.1. The molecular formula is C73H54N2. The number of aromatic nitrogens is 2. The van der Waals surface area contributed by atoms with Gasteiger partial charge in [-0.15, -0.1) is 0 Å². The van der Waals surface area contributed by atoms with Crippen LogP contribution in [0.2, 0.25) is 0 Å². The molecule has 0 bridgehead atoms. The third kappa shape index (κ3) is 7.24. The van der Waals surface area contributed by atoms with E-state index in [2.05, 4.69) is 248 Å². The van der Waals surface area contributed by atoms with E-state index >= 15 is 0 Å². The number of benzene rings is 12. The minimum Gasteiger partial charge on any atom is -0.309 e. The van der Waals surface area contributed by atoms with Gasteiger partial charge in [-0.05, 0) is 155 Å². The van der Waals surface area contributed by atoms with Gasteiger partial charge < -0.3 is 9.13 Å². The maximum Gasteiger partial charge on any atom is 0.0553 e. The van der Waals surface area contributed by atoms with Crippen molar-refractivity contribution >= 4 is 88.0 Å². The summed E-state index contributed by atoms with van der Waals surface area (Å²) in [5.41, 5.74) is 19.1. The molecule has 0 atom stereocenters. The van der Waals surface area contributed by atoms with Gasteiger partial charge in [-0.3, -0.25) is 0 Å². The Hall–Kier alpha value is -9.50. The zero-order chi connectivity index (χ0) is 50.7. The number of rotatable bonds is 6. The van der Waals surface area contributed by atoms with Crippen molar-refractivity contribution in [3.05, 3.63) is 267 Å². The summed E-state index contributed by atoms with van der Waals surface area (Å²) in [5, 5.41) is 13.8. The molecule has 75 heavy (non-hydrogen) atoms. The predicted molar refractivity (Wildman–Crippen MR) is 326 cm³/mol. The fourth-order valence-corrected chi connectivity index (χ4v) is 12.1. The van der Waals surface area contributed by atoms with Gasteiger partial charge >= 0.3 is 0 Å². The highest BCUT2D eigenvalue weighted by atomic mass is 15.0. The Balaban J connectivity index is 0.000000553. The van der Waals surface area contributed by atoms with E-state index in [4.69, 9.17) is 0 Å². The number of hydrogen-bond acceptors (Lipinski definition) is 0. The van der Waals surface area contributed by atoms with E-state index in [-0.39, 0.29) is 0 Å². The lowest BCUT2D eigenvalue weighted by Crippen LogP contribution is -1.97. The largest absolute Gasteiger partial charge is 0.309 e. The third-order valence-corrected chi connectivity index (χ3v) is 15.3. The van der Waals surface area contributed by atoms with Crippen LogP contribution in [0.3, 0.4) is 0 Å². The molecule has 2 nitrogen and oxygen atoms in total. The zero-order valence-corrected chi connectivity index (χ0v) is 42.5. The normalized spacial score (nSPS) is 11.5. The van der Waals surface area contributed by atoms with Crippen LogP contribution < -0.4 is 0 Å².